The fourth-order valence-corrected chi connectivity index (χ4v) is 3.66. The molecular weight excluding hydrogens is 334 g/mol. The zero-order valence-corrected chi connectivity index (χ0v) is 14.8. The lowest BCUT2D eigenvalue weighted by atomic mass is 9.95. The molecule has 2 aromatic heterocycles. The van der Waals surface area contributed by atoms with E-state index in [1.807, 2.05) is 48.7 Å². The maximum atomic E-state index is 12.8. The number of carbonyl (C=O) groups is 1. The Morgan fingerprint density at radius 1 is 1.32 bits per heavy atom. The number of rotatable bonds is 6. The highest BCUT2D eigenvalue weighted by Gasteiger charge is 2.30. The quantitative estimate of drug-likeness (QED) is 0.690. The van der Waals surface area contributed by atoms with Crippen molar-refractivity contribution in [1.82, 2.24) is 10.1 Å². The predicted molar refractivity (Wildman–Crippen MR) is 97.7 cm³/mol. The molecule has 1 saturated carbocycles. The van der Waals surface area contributed by atoms with E-state index in [1.54, 1.807) is 0 Å². The van der Waals surface area contributed by atoms with E-state index >= 15 is 0 Å². The standard InChI is InChI=1S/C19H19N3O2S/c1-2-14(12-6-4-3-5-7-12)18(23)20-15-10-11-25-16(15)19-21-17(22-24-19)13-8-9-13/h3-7,10-11,13-14H,2,8-9H2,1H3,(H,20,23). The molecule has 4 rings (SSSR count). The third-order valence-electron chi connectivity index (χ3n) is 4.43. The fraction of sp³-hybridized carbons (Fsp3) is 0.316. The number of carbonyl (C=O) groups excluding carboxylic acids is 1. The van der Waals surface area contributed by atoms with Crippen molar-refractivity contribution in [2.45, 2.75) is 38.0 Å². The fourth-order valence-electron chi connectivity index (χ4n) is 2.89. The van der Waals surface area contributed by atoms with E-state index < -0.39 is 0 Å². The van der Waals surface area contributed by atoms with Crippen LogP contribution in [0.4, 0.5) is 5.69 Å². The van der Waals surface area contributed by atoms with Crippen LogP contribution in [-0.4, -0.2) is 16.0 Å². The van der Waals surface area contributed by atoms with Gasteiger partial charge in [0.1, 0.15) is 4.88 Å². The van der Waals surface area contributed by atoms with Gasteiger partial charge in [-0.1, -0.05) is 42.4 Å². The molecule has 1 amide bonds. The van der Waals surface area contributed by atoms with E-state index in [0.29, 0.717) is 11.8 Å². The number of amides is 1. The van der Waals surface area contributed by atoms with E-state index in [-0.39, 0.29) is 11.8 Å². The maximum absolute atomic E-state index is 12.8. The van der Waals surface area contributed by atoms with Gasteiger partial charge in [0.05, 0.1) is 11.6 Å². The molecule has 0 saturated heterocycles. The van der Waals surface area contributed by atoms with Crippen LogP contribution in [0.1, 0.15) is 49.4 Å². The SMILES string of the molecule is CCC(C(=O)Nc1ccsc1-c1nc(C2CC2)no1)c1ccccc1. The van der Waals surface area contributed by atoms with Crippen LogP contribution in [-0.2, 0) is 4.79 Å². The molecule has 1 aromatic carbocycles. The Morgan fingerprint density at radius 3 is 2.84 bits per heavy atom. The van der Waals surface area contributed by atoms with Crippen LogP contribution in [0.2, 0.25) is 0 Å². The zero-order valence-electron chi connectivity index (χ0n) is 13.9. The summed E-state index contributed by atoms with van der Waals surface area (Å²) in [6.45, 7) is 2.02. The van der Waals surface area contributed by atoms with Crippen LogP contribution in [0.3, 0.4) is 0 Å². The zero-order chi connectivity index (χ0) is 17.2. The average molecular weight is 353 g/mol. The largest absolute Gasteiger partial charge is 0.333 e. The first-order valence-electron chi connectivity index (χ1n) is 8.53. The Morgan fingerprint density at radius 2 is 2.12 bits per heavy atom. The van der Waals surface area contributed by atoms with Gasteiger partial charge in [0.2, 0.25) is 5.91 Å². The smallest absolute Gasteiger partial charge is 0.270 e. The molecule has 128 valence electrons. The minimum atomic E-state index is -0.182. The third-order valence-corrected chi connectivity index (χ3v) is 5.33. The first-order valence-corrected chi connectivity index (χ1v) is 9.41. The molecule has 0 aliphatic heterocycles. The van der Waals surface area contributed by atoms with Crippen molar-refractivity contribution >= 4 is 22.9 Å². The second kappa shape index (κ2) is 6.80. The van der Waals surface area contributed by atoms with Gasteiger partial charge in [0.15, 0.2) is 5.82 Å². The highest BCUT2D eigenvalue weighted by molar-refractivity contribution is 7.14. The van der Waals surface area contributed by atoms with Gasteiger partial charge in [-0.2, -0.15) is 4.98 Å². The first kappa shape index (κ1) is 16.0. The number of benzene rings is 1. The van der Waals surface area contributed by atoms with Crippen molar-refractivity contribution in [3.8, 4) is 10.8 Å². The molecule has 3 aromatic rings. The van der Waals surface area contributed by atoms with E-state index in [0.717, 1.165) is 41.2 Å². The van der Waals surface area contributed by atoms with Gasteiger partial charge < -0.3 is 9.84 Å². The van der Waals surface area contributed by atoms with Crippen LogP contribution in [0, 0.1) is 0 Å². The summed E-state index contributed by atoms with van der Waals surface area (Å²) in [5, 5.41) is 9.02. The van der Waals surface area contributed by atoms with Gasteiger partial charge in [-0.3, -0.25) is 4.79 Å². The van der Waals surface area contributed by atoms with E-state index in [2.05, 4.69) is 15.5 Å². The van der Waals surface area contributed by atoms with Crippen molar-refractivity contribution in [1.29, 1.82) is 0 Å². The van der Waals surface area contributed by atoms with E-state index in [1.165, 1.54) is 11.3 Å². The summed E-state index contributed by atoms with van der Waals surface area (Å²) in [6.07, 6.45) is 2.99. The second-order valence-corrected chi connectivity index (χ2v) is 7.17. The summed E-state index contributed by atoms with van der Waals surface area (Å²) in [4.78, 5) is 18.1. The molecule has 6 heteroatoms. The molecule has 5 nitrogen and oxygen atoms in total. The highest BCUT2D eigenvalue weighted by atomic mass is 32.1. The normalized spacial score (nSPS) is 15.1. The van der Waals surface area contributed by atoms with Crippen LogP contribution in [0.5, 0.6) is 0 Å². The minimum Gasteiger partial charge on any atom is -0.333 e. The van der Waals surface area contributed by atoms with E-state index in [4.69, 9.17) is 4.52 Å². The topological polar surface area (TPSA) is 68.0 Å². The first-order chi connectivity index (χ1) is 12.3. The van der Waals surface area contributed by atoms with Gasteiger partial charge in [-0.25, -0.2) is 0 Å². The molecule has 1 aliphatic carbocycles. The van der Waals surface area contributed by atoms with Crippen molar-refractivity contribution in [3.05, 3.63) is 53.2 Å². The Kier molecular flexibility index (Phi) is 4.36. The molecule has 0 spiro atoms. The summed E-state index contributed by atoms with van der Waals surface area (Å²) in [5.74, 6) is 1.50. The number of thiophene rings is 1. The Bertz CT molecular complexity index is 868. The Hall–Kier alpha value is -2.47. The second-order valence-electron chi connectivity index (χ2n) is 6.26. The summed E-state index contributed by atoms with van der Waals surface area (Å²) in [7, 11) is 0. The van der Waals surface area contributed by atoms with Crippen LogP contribution >= 0.6 is 11.3 Å². The molecule has 1 atom stereocenters. The number of nitrogens with zero attached hydrogens (tertiary/aromatic N) is 2. The molecular formula is C19H19N3O2S. The Balaban J connectivity index is 1.54. The molecule has 1 unspecified atom stereocenters. The molecule has 1 fully saturated rings. The van der Waals surface area contributed by atoms with Crippen LogP contribution in [0.25, 0.3) is 10.8 Å². The van der Waals surface area contributed by atoms with Gasteiger partial charge in [-0.05, 0) is 36.3 Å². The molecule has 0 radical (unpaired) electrons. The molecule has 25 heavy (non-hydrogen) atoms. The molecule has 2 heterocycles. The summed E-state index contributed by atoms with van der Waals surface area (Å²) >= 11 is 1.49. The number of hydrogen-bond donors (Lipinski definition) is 1. The van der Waals surface area contributed by atoms with Crippen molar-refractivity contribution in [2.24, 2.45) is 0 Å². The van der Waals surface area contributed by atoms with E-state index in [9.17, 15) is 4.79 Å². The van der Waals surface area contributed by atoms with Gasteiger partial charge in [0.25, 0.3) is 5.89 Å². The van der Waals surface area contributed by atoms with Gasteiger partial charge in [0, 0.05) is 5.92 Å². The number of anilines is 1. The van der Waals surface area contributed by atoms with Gasteiger partial charge >= 0.3 is 0 Å². The molecule has 0 bridgehead atoms. The average Bonchev–Trinajstić information content (AvgIpc) is 3.18. The summed E-state index contributed by atoms with van der Waals surface area (Å²) < 4.78 is 5.40. The number of nitrogens with one attached hydrogen (secondary N) is 1. The van der Waals surface area contributed by atoms with Gasteiger partial charge in [-0.15, -0.1) is 11.3 Å². The summed E-state index contributed by atoms with van der Waals surface area (Å²) in [5.41, 5.74) is 1.75. The van der Waals surface area contributed by atoms with Crippen molar-refractivity contribution in [2.75, 3.05) is 5.32 Å². The Labute approximate surface area is 150 Å². The van der Waals surface area contributed by atoms with Crippen molar-refractivity contribution in [3.63, 3.8) is 0 Å². The highest BCUT2D eigenvalue weighted by Crippen LogP contribution is 2.40. The maximum Gasteiger partial charge on any atom is 0.270 e. The predicted octanol–water partition coefficient (Wildman–Crippen LogP) is 4.81. The van der Waals surface area contributed by atoms with Crippen molar-refractivity contribution < 1.29 is 9.32 Å². The minimum absolute atomic E-state index is 0.0183. The molecule has 1 aliphatic rings. The summed E-state index contributed by atoms with van der Waals surface area (Å²) in [6, 6.07) is 11.7. The third kappa shape index (κ3) is 3.35. The molecule has 1 N–H and O–H groups in total. The van der Waals surface area contributed by atoms with Crippen LogP contribution in [0.15, 0.2) is 46.3 Å². The monoisotopic (exact) mass is 353 g/mol. The number of hydrogen-bond acceptors (Lipinski definition) is 5. The van der Waals surface area contributed by atoms with Crippen LogP contribution < -0.4 is 5.32 Å². The lowest BCUT2D eigenvalue weighted by molar-refractivity contribution is -0.117. The number of aromatic nitrogens is 2. The lowest BCUT2D eigenvalue weighted by Crippen LogP contribution is -2.20. The lowest BCUT2D eigenvalue weighted by Gasteiger charge is -2.15.